The van der Waals surface area contributed by atoms with Crippen LogP contribution in [0.25, 0.3) is 10.8 Å². The molecule has 1 aromatic heterocycles. The van der Waals surface area contributed by atoms with Crippen molar-refractivity contribution in [1.82, 2.24) is 4.57 Å². The van der Waals surface area contributed by atoms with Crippen molar-refractivity contribution in [3.05, 3.63) is 40.3 Å². The number of benzene rings is 1. The van der Waals surface area contributed by atoms with Crippen LogP contribution in [0.5, 0.6) is 5.75 Å². The van der Waals surface area contributed by atoms with E-state index >= 15 is 0 Å². The molecule has 1 N–H and O–H groups in total. The van der Waals surface area contributed by atoms with Crippen molar-refractivity contribution >= 4 is 26.9 Å². The van der Waals surface area contributed by atoms with Crippen molar-refractivity contribution in [1.29, 1.82) is 0 Å². The molecule has 0 aliphatic carbocycles. The second-order valence-electron chi connectivity index (χ2n) is 5.82. The molecular formula is C15H14F3NO6S. The van der Waals surface area contributed by atoms with Gasteiger partial charge in [0.25, 0.3) is 5.56 Å². The minimum absolute atomic E-state index is 0.159. The van der Waals surface area contributed by atoms with Crippen LogP contribution in [-0.2, 0) is 16.7 Å². The third-order valence-electron chi connectivity index (χ3n) is 3.36. The van der Waals surface area contributed by atoms with E-state index in [1.54, 1.807) is 13.8 Å². The topological polar surface area (TPSA) is 103 Å². The summed E-state index contributed by atoms with van der Waals surface area (Å²) in [6.07, 6.45) is 0. The van der Waals surface area contributed by atoms with E-state index in [0.29, 0.717) is 4.57 Å². The lowest BCUT2D eigenvalue weighted by atomic mass is 10.1. The second-order valence-corrected chi connectivity index (χ2v) is 7.36. The van der Waals surface area contributed by atoms with E-state index in [1.165, 1.54) is 18.2 Å². The van der Waals surface area contributed by atoms with Gasteiger partial charge in [0.2, 0.25) is 0 Å². The third kappa shape index (κ3) is 3.52. The first kappa shape index (κ1) is 19.8. The number of aromatic nitrogens is 1. The first-order chi connectivity index (χ1) is 11.9. The van der Waals surface area contributed by atoms with Crippen LogP contribution >= 0.6 is 0 Å². The summed E-state index contributed by atoms with van der Waals surface area (Å²) in [5.41, 5.74) is -7.50. The maximum Gasteiger partial charge on any atom is 0.534 e. The van der Waals surface area contributed by atoms with Crippen LogP contribution in [0.1, 0.15) is 24.3 Å². The average Bonchev–Trinajstić information content (AvgIpc) is 2.49. The fourth-order valence-corrected chi connectivity index (χ4v) is 2.84. The summed E-state index contributed by atoms with van der Waals surface area (Å²) >= 11 is 0. The lowest BCUT2D eigenvalue weighted by molar-refractivity contribution is -0.0500. The molecule has 26 heavy (non-hydrogen) atoms. The summed E-state index contributed by atoms with van der Waals surface area (Å²) < 4.78 is 65.9. The number of carbonyl (C=O) groups is 1. The van der Waals surface area contributed by atoms with E-state index < -0.39 is 38.6 Å². The van der Waals surface area contributed by atoms with Gasteiger partial charge in [-0.15, -0.1) is 0 Å². The van der Waals surface area contributed by atoms with Gasteiger partial charge in [0, 0.05) is 11.9 Å². The van der Waals surface area contributed by atoms with Gasteiger partial charge in [0.15, 0.2) is 11.4 Å². The van der Waals surface area contributed by atoms with Crippen molar-refractivity contribution in [3.63, 3.8) is 0 Å². The van der Waals surface area contributed by atoms with Gasteiger partial charge in [-0.1, -0.05) is 32.0 Å². The number of rotatable bonds is 5. The van der Waals surface area contributed by atoms with Gasteiger partial charge in [-0.05, 0) is 12.0 Å². The van der Waals surface area contributed by atoms with Crippen molar-refractivity contribution in [2.24, 2.45) is 5.92 Å². The number of hydrogen-bond donors (Lipinski definition) is 1. The maximum atomic E-state index is 12.7. The standard InChI is InChI=1S/C15H14F3NO6S/c1-8(2)7-19-11(14(21)22)12(25-26(23,24)15(16,17)18)9-5-3-4-6-10(9)13(19)20/h3-6,8H,7H2,1-2H3,(H,21,22). The molecule has 0 unspecified atom stereocenters. The average molecular weight is 393 g/mol. The van der Waals surface area contributed by atoms with Gasteiger partial charge >= 0.3 is 21.6 Å². The Kier molecular flexibility index (Phi) is 5.04. The molecule has 2 aromatic rings. The number of nitrogens with zero attached hydrogens (tertiary/aromatic N) is 1. The Labute approximate surface area is 145 Å². The molecule has 0 aliphatic heterocycles. The molecule has 0 spiro atoms. The van der Waals surface area contributed by atoms with Crippen LogP contribution in [0.3, 0.4) is 0 Å². The summed E-state index contributed by atoms with van der Waals surface area (Å²) in [5, 5.41) is 8.92. The maximum absolute atomic E-state index is 12.7. The molecule has 2 rings (SSSR count). The molecular weight excluding hydrogens is 379 g/mol. The molecule has 1 aromatic carbocycles. The molecule has 7 nitrogen and oxygen atoms in total. The molecule has 1 heterocycles. The predicted molar refractivity (Wildman–Crippen MR) is 85.6 cm³/mol. The van der Waals surface area contributed by atoms with E-state index in [1.807, 2.05) is 0 Å². The van der Waals surface area contributed by atoms with Crippen LogP contribution in [0, 0.1) is 5.92 Å². The highest BCUT2D eigenvalue weighted by molar-refractivity contribution is 7.88. The van der Waals surface area contributed by atoms with Crippen LogP contribution in [-0.4, -0.2) is 29.6 Å². The predicted octanol–water partition coefficient (Wildman–Crippen LogP) is 2.58. The van der Waals surface area contributed by atoms with Gasteiger partial charge in [-0.25, -0.2) is 4.79 Å². The van der Waals surface area contributed by atoms with E-state index in [9.17, 15) is 36.3 Å². The van der Waals surface area contributed by atoms with Crippen molar-refractivity contribution in [3.8, 4) is 5.75 Å². The molecule has 142 valence electrons. The highest BCUT2D eigenvalue weighted by Gasteiger charge is 2.49. The second kappa shape index (κ2) is 6.63. The van der Waals surface area contributed by atoms with E-state index in [-0.39, 0.29) is 23.2 Å². The summed E-state index contributed by atoms with van der Waals surface area (Å²) in [7, 11) is -6.14. The lowest BCUT2D eigenvalue weighted by Gasteiger charge is -2.19. The van der Waals surface area contributed by atoms with Gasteiger partial charge in [0.05, 0.1) is 5.39 Å². The fourth-order valence-electron chi connectivity index (χ4n) is 2.36. The number of pyridine rings is 1. The highest BCUT2D eigenvalue weighted by atomic mass is 32.2. The van der Waals surface area contributed by atoms with Crippen LogP contribution in [0.4, 0.5) is 13.2 Å². The van der Waals surface area contributed by atoms with Gasteiger partial charge in [-0.2, -0.15) is 21.6 Å². The number of carboxylic acid groups (broad SMARTS) is 1. The first-order valence-electron chi connectivity index (χ1n) is 7.26. The molecule has 0 fully saturated rings. The van der Waals surface area contributed by atoms with E-state index in [4.69, 9.17) is 0 Å². The Morgan fingerprint density at radius 3 is 2.23 bits per heavy atom. The van der Waals surface area contributed by atoms with Crippen molar-refractivity contribution in [2.45, 2.75) is 25.9 Å². The Morgan fingerprint density at radius 2 is 1.77 bits per heavy atom. The summed E-state index contributed by atoms with van der Waals surface area (Å²) in [5.74, 6) is -3.09. The largest absolute Gasteiger partial charge is 0.534 e. The molecule has 0 saturated heterocycles. The Hall–Kier alpha value is -2.56. The zero-order chi connectivity index (χ0) is 19.9. The SMILES string of the molecule is CC(C)Cn1c(C(=O)O)c(OS(=O)(=O)C(F)(F)F)c2ccccc2c1=O. The number of alkyl halides is 3. The fraction of sp³-hybridized carbons (Fsp3) is 0.333. The quantitative estimate of drug-likeness (QED) is 0.619. The first-order valence-corrected chi connectivity index (χ1v) is 8.67. The molecule has 0 aliphatic rings. The molecule has 0 radical (unpaired) electrons. The van der Waals surface area contributed by atoms with Gasteiger partial charge in [-0.3, -0.25) is 9.36 Å². The van der Waals surface area contributed by atoms with E-state index in [0.717, 1.165) is 6.07 Å². The van der Waals surface area contributed by atoms with Crippen molar-refractivity contribution < 1.29 is 35.7 Å². The summed E-state index contributed by atoms with van der Waals surface area (Å²) in [4.78, 5) is 24.2. The van der Waals surface area contributed by atoms with Gasteiger partial charge in [0.1, 0.15) is 0 Å². The Bertz CT molecular complexity index is 1020. The van der Waals surface area contributed by atoms with E-state index in [2.05, 4.69) is 4.18 Å². The smallest absolute Gasteiger partial charge is 0.476 e. The number of aromatic carboxylic acids is 1. The normalized spacial score (nSPS) is 12.5. The van der Waals surface area contributed by atoms with Crippen molar-refractivity contribution in [2.75, 3.05) is 0 Å². The number of hydrogen-bond acceptors (Lipinski definition) is 5. The summed E-state index contributed by atoms with van der Waals surface area (Å²) in [6.45, 7) is 3.15. The Morgan fingerprint density at radius 1 is 1.23 bits per heavy atom. The molecule has 11 heteroatoms. The molecule has 0 bridgehead atoms. The number of fused-ring (bicyclic) bond motifs is 1. The monoisotopic (exact) mass is 393 g/mol. The molecule has 0 saturated carbocycles. The zero-order valence-electron chi connectivity index (χ0n) is 13.6. The summed E-state index contributed by atoms with van der Waals surface area (Å²) in [6, 6.07) is 5.08. The minimum Gasteiger partial charge on any atom is -0.476 e. The minimum atomic E-state index is -6.14. The Balaban J connectivity index is 2.95. The number of carboxylic acids is 1. The zero-order valence-corrected chi connectivity index (χ0v) is 14.4. The van der Waals surface area contributed by atoms with Gasteiger partial charge < -0.3 is 9.29 Å². The lowest BCUT2D eigenvalue weighted by Crippen LogP contribution is -2.32. The molecule has 0 atom stereocenters. The van der Waals surface area contributed by atoms with Crippen LogP contribution in [0.2, 0.25) is 0 Å². The van der Waals surface area contributed by atoms with Crippen LogP contribution in [0.15, 0.2) is 29.1 Å². The molecule has 0 amide bonds. The van der Waals surface area contributed by atoms with Crippen LogP contribution < -0.4 is 9.74 Å². The highest BCUT2D eigenvalue weighted by Crippen LogP contribution is 2.33. The number of halogens is 3. The third-order valence-corrected chi connectivity index (χ3v) is 4.31.